The summed E-state index contributed by atoms with van der Waals surface area (Å²) in [7, 11) is 1.73. The maximum absolute atomic E-state index is 11.9. The zero-order chi connectivity index (χ0) is 16.1. The van der Waals surface area contributed by atoms with E-state index in [0.717, 1.165) is 6.42 Å². The van der Waals surface area contributed by atoms with Crippen molar-refractivity contribution >= 4 is 17.6 Å². The van der Waals surface area contributed by atoms with Gasteiger partial charge in [-0.2, -0.15) is 5.10 Å². The monoisotopic (exact) mass is 301 g/mol. The van der Waals surface area contributed by atoms with E-state index in [2.05, 4.69) is 17.3 Å². The minimum absolute atomic E-state index is 0.331. The molecule has 0 atom stereocenters. The second kappa shape index (κ2) is 6.89. The molecule has 2 rings (SSSR count). The molecule has 0 unspecified atom stereocenters. The Labute approximate surface area is 129 Å². The Kier molecular flexibility index (Phi) is 4.93. The zero-order valence-corrected chi connectivity index (χ0v) is 12.9. The SMILES string of the molecule is CCc1ccc(NC(=O)COC(=O)c2cnn(C)c2C)cc1. The summed E-state index contributed by atoms with van der Waals surface area (Å²) in [5.41, 5.74) is 2.93. The fraction of sp³-hybridized carbons (Fsp3) is 0.312. The summed E-state index contributed by atoms with van der Waals surface area (Å²) in [4.78, 5) is 23.6. The van der Waals surface area contributed by atoms with E-state index in [0.29, 0.717) is 16.9 Å². The van der Waals surface area contributed by atoms with Crippen LogP contribution in [-0.2, 0) is 23.0 Å². The first kappa shape index (κ1) is 15.8. The van der Waals surface area contributed by atoms with Crippen LogP contribution >= 0.6 is 0 Å². The van der Waals surface area contributed by atoms with Gasteiger partial charge in [-0.3, -0.25) is 9.48 Å². The summed E-state index contributed by atoms with van der Waals surface area (Å²) in [6, 6.07) is 7.54. The first-order valence-corrected chi connectivity index (χ1v) is 7.05. The molecule has 0 saturated carbocycles. The predicted molar refractivity (Wildman–Crippen MR) is 82.7 cm³/mol. The number of nitrogens with zero attached hydrogens (tertiary/aromatic N) is 2. The minimum atomic E-state index is -0.554. The summed E-state index contributed by atoms with van der Waals surface area (Å²) in [6.07, 6.45) is 2.37. The lowest BCUT2D eigenvalue weighted by Crippen LogP contribution is -2.21. The predicted octanol–water partition coefficient (Wildman–Crippen LogP) is 2.09. The Morgan fingerprint density at radius 1 is 1.27 bits per heavy atom. The van der Waals surface area contributed by atoms with Crippen molar-refractivity contribution in [1.29, 1.82) is 0 Å². The summed E-state index contributed by atoms with van der Waals surface area (Å²) in [5.74, 6) is -0.929. The summed E-state index contributed by atoms with van der Waals surface area (Å²) in [5, 5.41) is 6.65. The van der Waals surface area contributed by atoms with E-state index in [1.807, 2.05) is 24.3 Å². The van der Waals surface area contributed by atoms with Crippen LogP contribution in [0.4, 0.5) is 5.69 Å². The number of amides is 1. The second-order valence-corrected chi connectivity index (χ2v) is 4.94. The highest BCUT2D eigenvalue weighted by Crippen LogP contribution is 2.10. The number of ether oxygens (including phenoxy) is 1. The van der Waals surface area contributed by atoms with Gasteiger partial charge in [-0.25, -0.2) is 4.79 Å². The normalized spacial score (nSPS) is 10.3. The van der Waals surface area contributed by atoms with E-state index in [-0.39, 0.29) is 12.5 Å². The smallest absolute Gasteiger partial charge is 0.342 e. The van der Waals surface area contributed by atoms with Crippen LogP contribution in [0.1, 0.15) is 28.5 Å². The van der Waals surface area contributed by atoms with Crippen LogP contribution in [0.2, 0.25) is 0 Å². The molecule has 0 radical (unpaired) electrons. The van der Waals surface area contributed by atoms with Gasteiger partial charge in [0.15, 0.2) is 6.61 Å². The third-order valence-electron chi connectivity index (χ3n) is 3.44. The van der Waals surface area contributed by atoms with Gasteiger partial charge < -0.3 is 10.1 Å². The van der Waals surface area contributed by atoms with Gasteiger partial charge in [0.2, 0.25) is 0 Å². The van der Waals surface area contributed by atoms with Crippen molar-refractivity contribution in [3.05, 3.63) is 47.3 Å². The standard InChI is InChI=1S/C16H19N3O3/c1-4-12-5-7-13(8-6-12)18-15(20)10-22-16(21)14-9-17-19(3)11(14)2/h5-9H,4,10H2,1-3H3,(H,18,20). The molecule has 0 aliphatic heterocycles. The highest BCUT2D eigenvalue weighted by atomic mass is 16.5. The molecule has 116 valence electrons. The summed E-state index contributed by atoms with van der Waals surface area (Å²) >= 11 is 0. The van der Waals surface area contributed by atoms with Gasteiger partial charge in [0.05, 0.1) is 6.20 Å². The van der Waals surface area contributed by atoms with Crippen molar-refractivity contribution in [1.82, 2.24) is 9.78 Å². The first-order valence-electron chi connectivity index (χ1n) is 7.05. The van der Waals surface area contributed by atoms with E-state index in [1.165, 1.54) is 11.8 Å². The van der Waals surface area contributed by atoms with Crippen molar-refractivity contribution in [3.63, 3.8) is 0 Å². The zero-order valence-electron chi connectivity index (χ0n) is 12.9. The van der Waals surface area contributed by atoms with Gasteiger partial charge in [0.1, 0.15) is 5.56 Å². The third kappa shape index (κ3) is 3.72. The van der Waals surface area contributed by atoms with Crippen LogP contribution in [0.5, 0.6) is 0 Å². The lowest BCUT2D eigenvalue weighted by Gasteiger charge is -2.07. The van der Waals surface area contributed by atoms with Gasteiger partial charge in [0.25, 0.3) is 5.91 Å². The molecule has 1 heterocycles. The molecule has 6 nitrogen and oxygen atoms in total. The van der Waals surface area contributed by atoms with E-state index in [1.54, 1.807) is 18.7 Å². The van der Waals surface area contributed by atoms with Crippen molar-refractivity contribution in [3.8, 4) is 0 Å². The van der Waals surface area contributed by atoms with E-state index < -0.39 is 5.97 Å². The van der Waals surface area contributed by atoms with E-state index in [9.17, 15) is 9.59 Å². The number of carbonyl (C=O) groups excluding carboxylic acids is 2. The molecule has 22 heavy (non-hydrogen) atoms. The number of carbonyl (C=O) groups is 2. The summed E-state index contributed by atoms with van der Waals surface area (Å²) < 4.78 is 6.57. The van der Waals surface area contributed by atoms with Crippen molar-refractivity contribution < 1.29 is 14.3 Å². The number of esters is 1. The number of hydrogen-bond donors (Lipinski definition) is 1. The molecule has 1 aromatic heterocycles. The van der Waals surface area contributed by atoms with Crippen molar-refractivity contribution in [2.75, 3.05) is 11.9 Å². The van der Waals surface area contributed by atoms with Gasteiger partial charge in [-0.05, 0) is 31.0 Å². The lowest BCUT2D eigenvalue weighted by atomic mass is 10.1. The maximum Gasteiger partial charge on any atom is 0.342 e. The van der Waals surface area contributed by atoms with Gasteiger partial charge in [0, 0.05) is 18.4 Å². The average Bonchev–Trinajstić information content (AvgIpc) is 2.85. The summed E-state index contributed by atoms with van der Waals surface area (Å²) in [6.45, 7) is 3.50. The average molecular weight is 301 g/mol. The Morgan fingerprint density at radius 3 is 2.50 bits per heavy atom. The number of hydrogen-bond acceptors (Lipinski definition) is 4. The van der Waals surface area contributed by atoms with E-state index in [4.69, 9.17) is 4.74 Å². The number of benzene rings is 1. The van der Waals surface area contributed by atoms with Crippen LogP contribution in [0.3, 0.4) is 0 Å². The van der Waals surface area contributed by atoms with Crippen LogP contribution < -0.4 is 5.32 Å². The van der Waals surface area contributed by atoms with Crippen LogP contribution in [0.25, 0.3) is 0 Å². The van der Waals surface area contributed by atoms with Crippen molar-refractivity contribution in [2.24, 2.45) is 7.05 Å². The van der Waals surface area contributed by atoms with Gasteiger partial charge in [-0.15, -0.1) is 0 Å². The Balaban J connectivity index is 1.87. The Hall–Kier alpha value is -2.63. The fourth-order valence-corrected chi connectivity index (χ4v) is 1.93. The first-order chi connectivity index (χ1) is 10.5. The number of aryl methyl sites for hydroxylation is 2. The molecule has 0 aliphatic rings. The molecule has 1 N–H and O–H groups in total. The number of nitrogens with one attached hydrogen (secondary N) is 1. The Morgan fingerprint density at radius 2 is 1.95 bits per heavy atom. The van der Waals surface area contributed by atoms with E-state index >= 15 is 0 Å². The molecule has 0 saturated heterocycles. The highest BCUT2D eigenvalue weighted by Gasteiger charge is 2.15. The molecular formula is C16H19N3O3. The Bertz CT molecular complexity index is 674. The molecule has 0 bridgehead atoms. The molecule has 1 aromatic carbocycles. The number of anilines is 1. The second-order valence-electron chi connectivity index (χ2n) is 4.94. The number of aromatic nitrogens is 2. The molecule has 1 amide bonds. The molecular weight excluding hydrogens is 282 g/mol. The van der Waals surface area contributed by atoms with Gasteiger partial charge in [-0.1, -0.05) is 19.1 Å². The molecule has 0 spiro atoms. The molecule has 0 aliphatic carbocycles. The van der Waals surface area contributed by atoms with Gasteiger partial charge >= 0.3 is 5.97 Å². The topological polar surface area (TPSA) is 73.2 Å². The number of rotatable bonds is 5. The quantitative estimate of drug-likeness (QED) is 0.858. The van der Waals surface area contributed by atoms with Crippen LogP contribution in [0, 0.1) is 6.92 Å². The fourth-order valence-electron chi connectivity index (χ4n) is 1.93. The molecule has 2 aromatic rings. The molecule has 0 fully saturated rings. The molecule has 6 heteroatoms. The minimum Gasteiger partial charge on any atom is -0.452 e. The van der Waals surface area contributed by atoms with Crippen molar-refractivity contribution in [2.45, 2.75) is 20.3 Å². The third-order valence-corrected chi connectivity index (χ3v) is 3.44. The van der Waals surface area contributed by atoms with Crippen LogP contribution in [-0.4, -0.2) is 28.3 Å². The highest BCUT2D eigenvalue weighted by molar-refractivity contribution is 5.95. The van der Waals surface area contributed by atoms with Crippen LogP contribution in [0.15, 0.2) is 30.5 Å². The largest absolute Gasteiger partial charge is 0.452 e. The maximum atomic E-state index is 11.9. The lowest BCUT2D eigenvalue weighted by molar-refractivity contribution is -0.119.